The monoisotopic (exact) mass is 397 g/mol. The van der Waals surface area contributed by atoms with Gasteiger partial charge in [0.2, 0.25) is 0 Å². The quantitative estimate of drug-likeness (QED) is 0.457. The van der Waals surface area contributed by atoms with E-state index in [9.17, 15) is 0 Å². The average Bonchev–Trinajstić information content (AvgIpc) is 3.48. The SMILES string of the molecule is Nc1ccc(Oc2cccc(-c3nc(-c4cccc(N5CCCC5)c4)n[nH]3)c2)cc1. The zero-order valence-electron chi connectivity index (χ0n) is 16.6. The van der Waals surface area contributed by atoms with Gasteiger partial charge in [-0.15, -0.1) is 0 Å². The molecule has 3 N–H and O–H groups in total. The van der Waals surface area contributed by atoms with Crippen LogP contribution in [0.4, 0.5) is 11.4 Å². The van der Waals surface area contributed by atoms with Crippen molar-refractivity contribution in [3.8, 4) is 34.3 Å². The van der Waals surface area contributed by atoms with E-state index in [2.05, 4.69) is 33.3 Å². The summed E-state index contributed by atoms with van der Waals surface area (Å²) in [5.41, 5.74) is 9.60. The van der Waals surface area contributed by atoms with E-state index in [1.165, 1.54) is 18.5 Å². The highest BCUT2D eigenvalue weighted by molar-refractivity contribution is 5.66. The maximum Gasteiger partial charge on any atom is 0.181 e. The van der Waals surface area contributed by atoms with E-state index in [0.717, 1.165) is 35.7 Å². The summed E-state index contributed by atoms with van der Waals surface area (Å²) in [7, 11) is 0. The number of nitrogens with one attached hydrogen (secondary N) is 1. The third-order valence-corrected chi connectivity index (χ3v) is 5.28. The molecule has 6 heteroatoms. The molecule has 0 unspecified atom stereocenters. The van der Waals surface area contributed by atoms with Gasteiger partial charge >= 0.3 is 0 Å². The molecule has 0 spiro atoms. The van der Waals surface area contributed by atoms with Gasteiger partial charge < -0.3 is 15.4 Å². The van der Waals surface area contributed by atoms with Crippen LogP contribution in [-0.2, 0) is 0 Å². The summed E-state index contributed by atoms with van der Waals surface area (Å²) in [6, 6.07) is 23.6. The van der Waals surface area contributed by atoms with Gasteiger partial charge in [-0.2, -0.15) is 5.10 Å². The maximum absolute atomic E-state index is 5.94. The molecule has 5 rings (SSSR count). The van der Waals surface area contributed by atoms with Crippen molar-refractivity contribution in [3.05, 3.63) is 72.8 Å². The van der Waals surface area contributed by atoms with Gasteiger partial charge in [0.15, 0.2) is 11.6 Å². The van der Waals surface area contributed by atoms with Crippen molar-refractivity contribution >= 4 is 11.4 Å². The van der Waals surface area contributed by atoms with Gasteiger partial charge in [-0.1, -0.05) is 24.3 Å². The molecular weight excluding hydrogens is 374 g/mol. The van der Waals surface area contributed by atoms with Gasteiger partial charge in [-0.25, -0.2) is 4.98 Å². The van der Waals surface area contributed by atoms with Crippen LogP contribution < -0.4 is 15.4 Å². The lowest BCUT2D eigenvalue weighted by atomic mass is 10.1. The number of nitrogens with zero attached hydrogens (tertiary/aromatic N) is 3. The normalized spacial score (nSPS) is 13.5. The summed E-state index contributed by atoms with van der Waals surface area (Å²) < 4.78 is 5.94. The summed E-state index contributed by atoms with van der Waals surface area (Å²) in [5.74, 6) is 2.86. The third-order valence-electron chi connectivity index (χ3n) is 5.28. The number of benzene rings is 3. The molecule has 1 fully saturated rings. The number of aromatic nitrogens is 3. The van der Waals surface area contributed by atoms with Crippen molar-refractivity contribution in [2.24, 2.45) is 0 Å². The molecule has 150 valence electrons. The summed E-state index contributed by atoms with van der Waals surface area (Å²) >= 11 is 0. The first-order valence-electron chi connectivity index (χ1n) is 10.2. The first kappa shape index (κ1) is 18.2. The van der Waals surface area contributed by atoms with Crippen LogP contribution in [0.25, 0.3) is 22.8 Å². The molecule has 0 saturated carbocycles. The highest BCUT2D eigenvalue weighted by Crippen LogP contribution is 2.29. The number of nitrogens with two attached hydrogens (primary N) is 1. The van der Waals surface area contributed by atoms with Crippen LogP contribution in [0.15, 0.2) is 72.8 Å². The lowest BCUT2D eigenvalue weighted by Gasteiger charge is -2.17. The number of aromatic amines is 1. The zero-order valence-corrected chi connectivity index (χ0v) is 16.6. The topological polar surface area (TPSA) is 80.1 Å². The van der Waals surface area contributed by atoms with Gasteiger partial charge in [0.1, 0.15) is 11.5 Å². The van der Waals surface area contributed by atoms with E-state index in [-0.39, 0.29) is 0 Å². The van der Waals surface area contributed by atoms with E-state index < -0.39 is 0 Å². The van der Waals surface area contributed by atoms with Crippen molar-refractivity contribution in [2.45, 2.75) is 12.8 Å². The van der Waals surface area contributed by atoms with Crippen LogP contribution in [0.3, 0.4) is 0 Å². The van der Waals surface area contributed by atoms with Gasteiger partial charge in [0, 0.05) is 35.6 Å². The molecule has 2 heterocycles. The van der Waals surface area contributed by atoms with E-state index in [0.29, 0.717) is 17.3 Å². The smallest absolute Gasteiger partial charge is 0.181 e. The van der Waals surface area contributed by atoms with Gasteiger partial charge in [0.05, 0.1) is 0 Å². The van der Waals surface area contributed by atoms with Gasteiger partial charge in [0.25, 0.3) is 0 Å². The van der Waals surface area contributed by atoms with Gasteiger partial charge in [-0.05, 0) is 61.4 Å². The predicted molar refractivity (Wildman–Crippen MR) is 120 cm³/mol. The molecule has 1 aromatic heterocycles. The predicted octanol–water partition coefficient (Wildman–Crippen LogP) is 5.11. The Kier molecular flexibility index (Phi) is 4.81. The van der Waals surface area contributed by atoms with Crippen molar-refractivity contribution in [2.75, 3.05) is 23.7 Å². The minimum absolute atomic E-state index is 0.691. The van der Waals surface area contributed by atoms with E-state index in [1.807, 2.05) is 54.6 Å². The fourth-order valence-electron chi connectivity index (χ4n) is 3.72. The Balaban J connectivity index is 1.38. The molecule has 1 aliphatic heterocycles. The number of H-pyrrole nitrogens is 1. The molecule has 4 aromatic rings. The standard InChI is InChI=1S/C24H23N5O/c25-19-9-11-21(12-10-19)30-22-8-4-6-18(16-22)24-26-23(27-28-24)17-5-3-7-20(15-17)29-13-1-2-14-29/h3-12,15-16H,1-2,13-14,25H2,(H,26,27,28). The number of ether oxygens (including phenoxy) is 1. The molecular formula is C24H23N5O. The largest absolute Gasteiger partial charge is 0.457 e. The number of hydrogen-bond acceptors (Lipinski definition) is 5. The lowest BCUT2D eigenvalue weighted by Crippen LogP contribution is -2.17. The minimum Gasteiger partial charge on any atom is -0.457 e. The molecule has 0 aliphatic carbocycles. The van der Waals surface area contributed by atoms with Crippen LogP contribution in [0, 0.1) is 0 Å². The second-order valence-corrected chi connectivity index (χ2v) is 7.45. The van der Waals surface area contributed by atoms with Crippen LogP contribution in [0.5, 0.6) is 11.5 Å². The fraction of sp³-hybridized carbons (Fsp3) is 0.167. The molecule has 0 atom stereocenters. The van der Waals surface area contributed by atoms with Crippen molar-refractivity contribution in [1.29, 1.82) is 0 Å². The molecule has 1 saturated heterocycles. The van der Waals surface area contributed by atoms with Crippen LogP contribution in [0.1, 0.15) is 12.8 Å². The van der Waals surface area contributed by atoms with Crippen LogP contribution in [-0.4, -0.2) is 28.3 Å². The van der Waals surface area contributed by atoms with Crippen molar-refractivity contribution in [1.82, 2.24) is 15.2 Å². The Morgan fingerprint density at radius 1 is 0.833 bits per heavy atom. The minimum atomic E-state index is 0.691. The molecule has 0 radical (unpaired) electrons. The Morgan fingerprint density at radius 2 is 1.60 bits per heavy atom. The Morgan fingerprint density at radius 3 is 2.43 bits per heavy atom. The molecule has 3 aromatic carbocycles. The number of anilines is 2. The summed E-state index contributed by atoms with van der Waals surface area (Å²) in [4.78, 5) is 7.13. The highest BCUT2D eigenvalue weighted by atomic mass is 16.5. The summed E-state index contributed by atoms with van der Waals surface area (Å²) in [6.45, 7) is 2.23. The Bertz CT molecular complexity index is 1150. The molecule has 6 nitrogen and oxygen atoms in total. The van der Waals surface area contributed by atoms with Crippen LogP contribution in [0.2, 0.25) is 0 Å². The Hall–Kier alpha value is -3.80. The first-order valence-corrected chi connectivity index (χ1v) is 10.2. The zero-order chi connectivity index (χ0) is 20.3. The van der Waals surface area contributed by atoms with E-state index in [4.69, 9.17) is 15.5 Å². The van der Waals surface area contributed by atoms with E-state index in [1.54, 1.807) is 0 Å². The number of hydrogen-bond donors (Lipinski definition) is 2. The van der Waals surface area contributed by atoms with E-state index >= 15 is 0 Å². The number of rotatable bonds is 5. The molecule has 30 heavy (non-hydrogen) atoms. The second kappa shape index (κ2) is 7.91. The molecule has 0 bridgehead atoms. The molecule has 1 aliphatic rings. The third kappa shape index (κ3) is 3.85. The Labute approximate surface area is 175 Å². The fourth-order valence-corrected chi connectivity index (χ4v) is 3.72. The summed E-state index contributed by atoms with van der Waals surface area (Å²) in [6.07, 6.45) is 2.51. The highest BCUT2D eigenvalue weighted by Gasteiger charge is 2.14. The maximum atomic E-state index is 5.94. The van der Waals surface area contributed by atoms with Crippen LogP contribution >= 0.6 is 0 Å². The van der Waals surface area contributed by atoms with Crippen molar-refractivity contribution < 1.29 is 4.74 Å². The first-order chi connectivity index (χ1) is 14.7. The second-order valence-electron chi connectivity index (χ2n) is 7.45. The molecule has 0 amide bonds. The van der Waals surface area contributed by atoms with Gasteiger partial charge in [-0.3, -0.25) is 5.10 Å². The van der Waals surface area contributed by atoms with Crippen molar-refractivity contribution in [3.63, 3.8) is 0 Å². The lowest BCUT2D eigenvalue weighted by molar-refractivity contribution is 0.483. The summed E-state index contributed by atoms with van der Waals surface area (Å²) in [5, 5.41) is 7.51. The number of nitrogen functional groups attached to an aromatic ring is 1. The average molecular weight is 397 g/mol.